The molecule has 4 heteroatoms. The molecule has 3 nitrogen and oxygen atoms in total. The van der Waals surface area contributed by atoms with Crippen LogP contribution < -0.4 is 4.90 Å². The number of anilines is 1. The van der Waals surface area contributed by atoms with Crippen LogP contribution in [-0.4, -0.2) is 24.2 Å². The first-order valence-corrected chi connectivity index (χ1v) is 6.57. The van der Waals surface area contributed by atoms with E-state index in [4.69, 9.17) is 0 Å². The van der Waals surface area contributed by atoms with E-state index < -0.39 is 11.8 Å². The first-order valence-electron chi connectivity index (χ1n) is 6.57. The Morgan fingerprint density at radius 1 is 1.42 bits per heavy atom. The quantitative estimate of drug-likeness (QED) is 0.891. The van der Waals surface area contributed by atoms with Crippen LogP contribution in [0.15, 0.2) is 18.2 Å². The minimum atomic E-state index is -1.08. The van der Waals surface area contributed by atoms with Gasteiger partial charge in [-0.05, 0) is 29.9 Å². The maximum atomic E-state index is 14.0. The Bertz CT molecular complexity index is 493. The zero-order chi connectivity index (χ0) is 14.2. The smallest absolute Gasteiger partial charge is 0.337 e. The summed E-state index contributed by atoms with van der Waals surface area (Å²) in [6.45, 7) is 7.93. The molecule has 104 valence electrons. The monoisotopic (exact) mass is 265 g/mol. The van der Waals surface area contributed by atoms with Crippen molar-refractivity contribution < 1.29 is 14.3 Å². The first-order chi connectivity index (χ1) is 8.80. The van der Waals surface area contributed by atoms with Crippen LogP contribution in [0, 0.1) is 17.2 Å². The number of aromatic carboxylic acids is 1. The van der Waals surface area contributed by atoms with E-state index in [1.54, 1.807) is 0 Å². The molecule has 0 bridgehead atoms. The van der Waals surface area contributed by atoms with E-state index >= 15 is 0 Å². The molecule has 2 rings (SSSR count). The predicted molar refractivity (Wildman–Crippen MR) is 73.1 cm³/mol. The fourth-order valence-corrected chi connectivity index (χ4v) is 2.68. The second-order valence-electron chi connectivity index (χ2n) is 6.24. The normalized spacial score (nSPS) is 19.8. The molecule has 19 heavy (non-hydrogen) atoms. The van der Waals surface area contributed by atoms with E-state index in [2.05, 4.69) is 20.8 Å². The predicted octanol–water partition coefficient (Wildman–Crippen LogP) is 3.40. The van der Waals surface area contributed by atoms with Gasteiger partial charge in [0.25, 0.3) is 0 Å². The highest BCUT2D eigenvalue weighted by Crippen LogP contribution is 2.37. The van der Waals surface area contributed by atoms with Crippen molar-refractivity contribution in [1.82, 2.24) is 0 Å². The highest BCUT2D eigenvalue weighted by molar-refractivity contribution is 5.94. The molecule has 1 saturated heterocycles. The van der Waals surface area contributed by atoms with Gasteiger partial charge >= 0.3 is 5.97 Å². The number of carboxylic acids is 1. The summed E-state index contributed by atoms with van der Waals surface area (Å²) >= 11 is 0. The molecule has 0 aliphatic carbocycles. The molecule has 0 amide bonds. The molecular weight excluding hydrogens is 245 g/mol. The molecule has 1 unspecified atom stereocenters. The van der Waals surface area contributed by atoms with Crippen LogP contribution in [0.5, 0.6) is 0 Å². The molecule has 0 spiro atoms. The number of carboxylic acid groups (broad SMARTS) is 1. The number of benzene rings is 1. The van der Waals surface area contributed by atoms with Crippen LogP contribution >= 0.6 is 0 Å². The van der Waals surface area contributed by atoms with E-state index in [0.29, 0.717) is 19.0 Å². The minimum Gasteiger partial charge on any atom is -0.478 e. The van der Waals surface area contributed by atoms with Gasteiger partial charge in [0.2, 0.25) is 0 Å². The molecule has 1 atom stereocenters. The molecule has 1 fully saturated rings. The Labute approximate surface area is 113 Å². The largest absolute Gasteiger partial charge is 0.478 e. The number of rotatable bonds is 2. The lowest BCUT2D eigenvalue weighted by Crippen LogP contribution is -2.27. The fraction of sp³-hybridized carbons (Fsp3) is 0.533. The van der Waals surface area contributed by atoms with Gasteiger partial charge in [0.15, 0.2) is 0 Å². The van der Waals surface area contributed by atoms with Gasteiger partial charge in [-0.3, -0.25) is 0 Å². The number of hydrogen-bond donors (Lipinski definition) is 1. The maximum Gasteiger partial charge on any atom is 0.337 e. The molecule has 0 aromatic heterocycles. The highest BCUT2D eigenvalue weighted by Gasteiger charge is 2.34. The Hall–Kier alpha value is -1.58. The third kappa shape index (κ3) is 2.72. The summed E-state index contributed by atoms with van der Waals surface area (Å²) in [6, 6.07) is 4.23. The average molecular weight is 265 g/mol. The number of carbonyl (C=O) groups is 1. The molecule has 1 aliphatic heterocycles. The summed E-state index contributed by atoms with van der Waals surface area (Å²) in [5.74, 6) is -1.07. The van der Waals surface area contributed by atoms with Gasteiger partial charge < -0.3 is 10.0 Å². The van der Waals surface area contributed by atoms with Gasteiger partial charge in [-0.15, -0.1) is 0 Å². The summed E-state index contributed by atoms with van der Waals surface area (Å²) in [5, 5.41) is 9.18. The average Bonchev–Trinajstić information content (AvgIpc) is 2.77. The second kappa shape index (κ2) is 4.83. The van der Waals surface area contributed by atoms with E-state index in [9.17, 15) is 14.3 Å². The van der Waals surface area contributed by atoms with E-state index in [0.717, 1.165) is 6.42 Å². The lowest BCUT2D eigenvalue weighted by molar-refractivity contribution is 0.0697. The lowest BCUT2D eigenvalue weighted by Gasteiger charge is -2.28. The molecule has 0 radical (unpaired) electrons. The van der Waals surface area contributed by atoms with Crippen molar-refractivity contribution in [3.8, 4) is 0 Å². The number of hydrogen-bond acceptors (Lipinski definition) is 2. The molecular formula is C15H20FNO2. The van der Waals surface area contributed by atoms with Crippen molar-refractivity contribution in [2.75, 3.05) is 18.0 Å². The number of halogens is 1. The van der Waals surface area contributed by atoms with Gasteiger partial charge in [-0.1, -0.05) is 26.8 Å². The molecule has 0 saturated carbocycles. The van der Waals surface area contributed by atoms with Crippen LogP contribution in [0.25, 0.3) is 0 Å². The number of nitrogens with zero attached hydrogens (tertiary/aromatic N) is 1. The molecule has 1 heterocycles. The minimum absolute atomic E-state index is 0.0505. The topological polar surface area (TPSA) is 40.5 Å². The van der Waals surface area contributed by atoms with Crippen LogP contribution in [-0.2, 0) is 0 Å². The zero-order valence-electron chi connectivity index (χ0n) is 11.6. The lowest BCUT2D eigenvalue weighted by atomic mass is 9.80. The molecule has 1 aromatic rings. The summed E-state index contributed by atoms with van der Waals surface area (Å²) in [7, 11) is 0. The second-order valence-corrected chi connectivity index (χ2v) is 6.24. The van der Waals surface area contributed by atoms with Crippen LogP contribution in [0.1, 0.15) is 37.6 Å². The fourth-order valence-electron chi connectivity index (χ4n) is 2.68. The molecule has 1 aliphatic rings. The van der Waals surface area contributed by atoms with E-state index in [1.807, 2.05) is 4.90 Å². The third-order valence-electron chi connectivity index (χ3n) is 3.95. The molecule has 1 aromatic carbocycles. The summed E-state index contributed by atoms with van der Waals surface area (Å²) in [6.07, 6.45) is 0.969. The SMILES string of the molecule is CC(C)(C)C1CCN(c2c(F)cccc2C(=O)O)C1. The van der Waals surface area contributed by atoms with Crippen LogP contribution in [0.2, 0.25) is 0 Å². The van der Waals surface area contributed by atoms with Gasteiger partial charge in [-0.25, -0.2) is 9.18 Å². The third-order valence-corrected chi connectivity index (χ3v) is 3.95. The van der Waals surface area contributed by atoms with E-state index in [1.165, 1.54) is 18.2 Å². The van der Waals surface area contributed by atoms with Gasteiger partial charge in [0.05, 0.1) is 11.3 Å². The van der Waals surface area contributed by atoms with Crippen molar-refractivity contribution in [3.05, 3.63) is 29.6 Å². The van der Waals surface area contributed by atoms with Crippen molar-refractivity contribution in [3.63, 3.8) is 0 Å². The Kier molecular flexibility index (Phi) is 3.52. The van der Waals surface area contributed by atoms with Gasteiger partial charge in [-0.2, -0.15) is 0 Å². The first kappa shape index (κ1) is 13.8. The standard InChI is InChI=1S/C15H20FNO2/c1-15(2,3)10-7-8-17(9-10)13-11(14(18)19)5-4-6-12(13)16/h4-6,10H,7-9H2,1-3H3,(H,18,19). The van der Waals surface area contributed by atoms with E-state index in [-0.39, 0.29) is 16.7 Å². The maximum absolute atomic E-state index is 14.0. The Balaban J connectivity index is 2.32. The van der Waals surface area contributed by atoms with Crippen molar-refractivity contribution >= 4 is 11.7 Å². The summed E-state index contributed by atoms with van der Waals surface area (Å²) in [5.41, 5.74) is 0.444. The Morgan fingerprint density at radius 3 is 2.63 bits per heavy atom. The summed E-state index contributed by atoms with van der Waals surface area (Å²) < 4.78 is 14.0. The van der Waals surface area contributed by atoms with Crippen molar-refractivity contribution in [2.45, 2.75) is 27.2 Å². The zero-order valence-corrected chi connectivity index (χ0v) is 11.6. The van der Waals surface area contributed by atoms with Crippen LogP contribution in [0.4, 0.5) is 10.1 Å². The summed E-state index contributed by atoms with van der Waals surface area (Å²) in [4.78, 5) is 13.1. The number of para-hydroxylation sites is 1. The van der Waals surface area contributed by atoms with Gasteiger partial charge in [0, 0.05) is 13.1 Å². The van der Waals surface area contributed by atoms with Crippen LogP contribution in [0.3, 0.4) is 0 Å². The molecule has 1 N–H and O–H groups in total. The van der Waals surface area contributed by atoms with Crippen molar-refractivity contribution in [2.24, 2.45) is 11.3 Å². The van der Waals surface area contributed by atoms with Crippen molar-refractivity contribution in [1.29, 1.82) is 0 Å². The van der Waals surface area contributed by atoms with Gasteiger partial charge in [0.1, 0.15) is 5.82 Å². The highest BCUT2D eigenvalue weighted by atomic mass is 19.1. The Morgan fingerprint density at radius 2 is 2.11 bits per heavy atom.